The molecule has 20 heavy (non-hydrogen) atoms. The molecule has 0 spiro atoms. The van der Waals surface area contributed by atoms with Gasteiger partial charge in [0.2, 0.25) is 15.9 Å². The Labute approximate surface area is 118 Å². The van der Waals surface area contributed by atoms with Crippen LogP contribution in [0.1, 0.15) is 12.5 Å². The van der Waals surface area contributed by atoms with Crippen LogP contribution >= 0.6 is 0 Å². The van der Waals surface area contributed by atoms with Crippen LogP contribution in [0.15, 0.2) is 24.3 Å². The second-order valence-electron chi connectivity index (χ2n) is 4.51. The van der Waals surface area contributed by atoms with Crippen LogP contribution in [0.2, 0.25) is 0 Å². The summed E-state index contributed by atoms with van der Waals surface area (Å²) < 4.78 is 37.7. The number of benzene rings is 1. The standard InChI is InChI=1S/C13H19FN2O3S/c1-11(17)16(10-8-15-20(2,18)19)9-7-12-5-3-4-6-13(12)14/h3-6,15H,7-10H2,1-2H3. The summed E-state index contributed by atoms with van der Waals surface area (Å²) >= 11 is 0. The average Bonchev–Trinajstić information content (AvgIpc) is 2.33. The lowest BCUT2D eigenvalue weighted by Gasteiger charge is -2.21. The summed E-state index contributed by atoms with van der Waals surface area (Å²) in [4.78, 5) is 13.0. The van der Waals surface area contributed by atoms with E-state index < -0.39 is 10.0 Å². The van der Waals surface area contributed by atoms with Gasteiger partial charge in [0.15, 0.2) is 0 Å². The molecule has 0 atom stereocenters. The number of amides is 1. The zero-order valence-electron chi connectivity index (χ0n) is 11.6. The first-order chi connectivity index (χ1) is 9.29. The van der Waals surface area contributed by atoms with E-state index in [1.165, 1.54) is 17.9 Å². The fourth-order valence-electron chi connectivity index (χ4n) is 1.75. The van der Waals surface area contributed by atoms with Gasteiger partial charge in [0, 0.05) is 26.6 Å². The SMILES string of the molecule is CC(=O)N(CCNS(C)(=O)=O)CCc1ccccc1F. The van der Waals surface area contributed by atoms with Crippen LogP contribution in [0.5, 0.6) is 0 Å². The molecule has 1 rings (SSSR count). The van der Waals surface area contributed by atoms with Gasteiger partial charge in [-0.15, -0.1) is 0 Å². The van der Waals surface area contributed by atoms with Crippen LogP contribution in [0.25, 0.3) is 0 Å². The Morgan fingerprint density at radius 3 is 2.50 bits per heavy atom. The number of halogens is 1. The Morgan fingerprint density at radius 2 is 1.95 bits per heavy atom. The Balaban J connectivity index is 2.52. The summed E-state index contributed by atoms with van der Waals surface area (Å²) in [6.07, 6.45) is 1.45. The van der Waals surface area contributed by atoms with Gasteiger partial charge in [0.05, 0.1) is 6.26 Å². The Morgan fingerprint density at radius 1 is 1.30 bits per heavy atom. The van der Waals surface area contributed by atoms with Gasteiger partial charge >= 0.3 is 0 Å². The van der Waals surface area contributed by atoms with Crippen LogP contribution in [-0.2, 0) is 21.2 Å². The van der Waals surface area contributed by atoms with Crippen LogP contribution in [-0.4, -0.2) is 45.1 Å². The van der Waals surface area contributed by atoms with Gasteiger partial charge in [-0.2, -0.15) is 0 Å². The number of hydrogen-bond donors (Lipinski definition) is 1. The van der Waals surface area contributed by atoms with Crippen LogP contribution in [0.4, 0.5) is 4.39 Å². The van der Waals surface area contributed by atoms with E-state index in [2.05, 4.69) is 4.72 Å². The zero-order chi connectivity index (χ0) is 15.2. The van der Waals surface area contributed by atoms with Crippen molar-refractivity contribution in [2.24, 2.45) is 0 Å². The molecule has 0 aliphatic carbocycles. The number of nitrogens with zero attached hydrogens (tertiary/aromatic N) is 1. The van der Waals surface area contributed by atoms with Crippen molar-refractivity contribution in [3.05, 3.63) is 35.6 Å². The quantitative estimate of drug-likeness (QED) is 0.809. The second-order valence-corrected chi connectivity index (χ2v) is 6.35. The minimum absolute atomic E-state index is 0.148. The molecule has 0 bridgehead atoms. The van der Waals surface area contributed by atoms with Crippen molar-refractivity contribution in [1.29, 1.82) is 0 Å². The molecule has 0 aromatic heterocycles. The van der Waals surface area contributed by atoms with Gasteiger partial charge in [-0.3, -0.25) is 4.79 Å². The highest BCUT2D eigenvalue weighted by molar-refractivity contribution is 7.88. The van der Waals surface area contributed by atoms with Crippen LogP contribution in [0, 0.1) is 5.82 Å². The van der Waals surface area contributed by atoms with Crippen molar-refractivity contribution in [2.75, 3.05) is 25.9 Å². The zero-order valence-corrected chi connectivity index (χ0v) is 12.4. The Bertz CT molecular complexity index is 560. The van der Waals surface area contributed by atoms with E-state index in [4.69, 9.17) is 0 Å². The first kappa shape index (κ1) is 16.6. The Hall–Kier alpha value is -1.47. The van der Waals surface area contributed by atoms with E-state index in [1.54, 1.807) is 18.2 Å². The molecule has 0 heterocycles. The predicted molar refractivity (Wildman–Crippen MR) is 75.2 cm³/mol. The lowest BCUT2D eigenvalue weighted by molar-refractivity contribution is -0.128. The summed E-state index contributed by atoms with van der Waals surface area (Å²) in [6, 6.07) is 6.39. The number of nitrogens with one attached hydrogen (secondary N) is 1. The van der Waals surface area contributed by atoms with Gasteiger partial charge in [-0.1, -0.05) is 18.2 Å². The molecule has 5 nitrogen and oxygen atoms in total. The molecular formula is C13H19FN2O3S. The maximum Gasteiger partial charge on any atom is 0.219 e. The van der Waals surface area contributed by atoms with Crippen molar-refractivity contribution < 1.29 is 17.6 Å². The van der Waals surface area contributed by atoms with Gasteiger partial charge in [-0.25, -0.2) is 17.5 Å². The van der Waals surface area contributed by atoms with Crippen molar-refractivity contribution >= 4 is 15.9 Å². The first-order valence-electron chi connectivity index (χ1n) is 6.23. The number of carbonyl (C=O) groups is 1. The summed E-state index contributed by atoms with van der Waals surface area (Å²) in [7, 11) is -3.27. The highest BCUT2D eigenvalue weighted by atomic mass is 32.2. The lowest BCUT2D eigenvalue weighted by atomic mass is 10.1. The predicted octanol–water partition coefficient (Wildman–Crippen LogP) is 0.766. The van der Waals surface area contributed by atoms with E-state index in [-0.39, 0.29) is 24.8 Å². The monoisotopic (exact) mass is 302 g/mol. The molecule has 112 valence electrons. The van der Waals surface area contributed by atoms with Crippen molar-refractivity contribution in [3.8, 4) is 0 Å². The summed E-state index contributed by atoms with van der Waals surface area (Å²) in [5, 5.41) is 0. The molecule has 0 radical (unpaired) electrons. The second kappa shape index (κ2) is 7.35. The first-order valence-corrected chi connectivity index (χ1v) is 8.12. The van der Waals surface area contributed by atoms with Gasteiger partial charge in [0.25, 0.3) is 0 Å². The van der Waals surface area contributed by atoms with Gasteiger partial charge in [-0.05, 0) is 18.1 Å². The largest absolute Gasteiger partial charge is 0.341 e. The molecule has 0 aliphatic rings. The number of carbonyl (C=O) groups excluding carboxylic acids is 1. The average molecular weight is 302 g/mol. The van der Waals surface area contributed by atoms with Crippen LogP contribution in [0.3, 0.4) is 0 Å². The van der Waals surface area contributed by atoms with Crippen molar-refractivity contribution in [3.63, 3.8) is 0 Å². The third kappa shape index (κ3) is 6.12. The fraction of sp³-hybridized carbons (Fsp3) is 0.462. The molecule has 0 aliphatic heterocycles. The molecule has 0 unspecified atom stereocenters. The minimum atomic E-state index is -3.27. The molecule has 1 N–H and O–H groups in total. The maximum absolute atomic E-state index is 13.5. The molecule has 1 aromatic carbocycles. The number of rotatable bonds is 7. The maximum atomic E-state index is 13.5. The molecule has 7 heteroatoms. The van der Waals surface area contributed by atoms with E-state index in [1.807, 2.05) is 0 Å². The fourth-order valence-corrected chi connectivity index (χ4v) is 2.21. The van der Waals surface area contributed by atoms with Crippen LogP contribution < -0.4 is 4.72 Å². The van der Waals surface area contributed by atoms with E-state index in [9.17, 15) is 17.6 Å². The summed E-state index contributed by atoms with van der Waals surface area (Å²) in [5.41, 5.74) is 0.537. The normalized spacial score (nSPS) is 11.3. The minimum Gasteiger partial charge on any atom is -0.341 e. The van der Waals surface area contributed by atoms with Gasteiger partial charge < -0.3 is 4.90 Å². The number of hydrogen-bond acceptors (Lipinski definition) is 3. The molecule has 0 saturated heterocycles. The molecular weight excluding hydrogens is 283 g/mol. The van der Waals surface area contributed by atoms with E-state index in [0.717, 1.165) is 6.26 Å². The van der Waals surface area contributed by atoms with Crippen molar-refractivity contribution in [1.82, 2.24) is 9.62 Å². The third-order valence-electron chi connectivity index (χ3n) is 2.80. The summed E-state index contributed by atoms with van der Waals surface area (Å²) in [6.45, 7) is 2.16. The van der Waals surface area contributed by atoms with E-state index >= 15 is 0 Å². The summed E-state index contributed by atoms with van der Waals surface area (Å²) in [5.74, 6) is -0.470. The highest BCUT2D eigenvalue weighted by Gasteiger charge is 2.11. The molecule has 1 amide bonds. The molecule has 1 aromatic rings. The number of sulfonamides is 1. The van der Waals surface area contributed by atoms with Gasteiger partial charge in [0.1, 0.15) is 5.82 Å². The topological polar surface area (TPSA) is 66.5 Å². The molecule has 0 saturated carbocycles. The molecule has 0 fully saturated rings. The Kier molecular flexibility index (Phi) is 6.09. The van der Waals surface area contributed by atoms with E-state index in [0.29, 0.717) is 18.5 Å². The lowest BCUT2D eigenvalue weighted by Crippen LogP contribution is -2.38. The third-order valence-corrected chi connectivity index (χ3v) is 3.53. The smallest absolute Gasteiger partial charge is 0.219 e. The van der Waals surface area contributed by atoms with Crippen molar-refractivity contribution in [2.45, 2.75) is 13.3 Å². The highest BCUT2D eigenvalue weighted by Crippen LogP contribution is 2.07.